The zero-order valence-corrected chi connectivity index (χ0v) is 28.7. The summed E-state index contributed by atoms with van der Waals surface area (Å²) in [6.07, 6.45) is 0. The number of rotatable bonds is 3. The third kappa shape index (κ3) is 3.79. The van der Waals surface area contributed by atoms with Crippen LogP contribution < -0.4 is 0 Å². The van der Waals surface area contributed by atoms with Gasteiger partial charge in [-0.3, -0.25) is 0 Å². The second kappa shape index (κ2) is 10.5. The van der Waals surface area contributed by atoms with E-state index in [4.69, 9.17) is 9.97 Å². The first-order chi connectivity index (χ1) is 25.8. The quantitative estimate of drug-likeness (QED) is 0.186. The molecule has 0 spiro atoms. The lowest BCUT2D eigenvalue weighted by molar-refractivity contribution is 1.19. The first kappa shape index (κ1) is 28.1. The number of benzene rings is 9. The van der Waals surface area contributed by atoms with Gasteiger partial charge in [0.2, 0.25) is 0 Å². The SMILES string of the molecule is c1ccc2c(-c3nc(-c4ccc(-n5c6ccc7cccc8sc9cccc%10ccc5c(c%109)c6c78)c5ccccc45)nc4ccccc34)cccc2c1. The summed E-state index contributed by atoms with van der Waals surface area (Å²) in [5.41, 5.74) is 7.61. The van der Waals surface area contributed by atoms with Crippen LogP contribution in [0.1, 0.15) is 0 Å². The van der Waals surface area contributed by atoms with Gasteiger partial charge in [0.15, 0.2) is 5.82 Å². The molecule has 0 fully saturated rings. The minimum absolute atomic E-state index is 0.726. The van der Waals surface area contributed by atoms with Crippen LogP contribution in [0.15, 0.2) is 164 Å². The van der Waals surface area contributed by atoms with Gasteiger partial charge in [-0.25, -0.2) is 9.97 Å². The van der Waals surface area contributed by atoms with Crippen LogP contribution in [0.3, 0.4) is 0 Å². The van der Waals surface area contributed by atoms with E-state index < -0.39 is 0 Å². The molecule has 3 aromatic heterocycles. The molecule has 0 unspecified atom stereocenters. The van der Waals surface area contributed by atoms with Crippen LogP contribution in [-0.4, -0.2) is 14.5 Å². The smallest absolute Gasteiger partial charge is 0.161 e. The average Bonchev–Trinajstić information content (AvgIpc) is 3.46. The fourth-order valence-electron chi connectivity index (χ4n) is 8.73. The van der Waals surface area contributed by atoms with Gasteiger partial charge in [0.05, 0.1) is 27.9 Å². The molecule has 12 aromatic rings. The Bertz CT molecular complexity index is 3320. The molecule has 12 rings (SSSR count). The van der Waals surface area contributed by atoms with Gasteiger partial charge in [-0.1, -0.05) is 121 Å². The van der Waals surface area contributed by atoms with Crippen molar-refractivity contribution in [2.75, 3.05) is 0 Å². The summed E-state index contributed by atoms with van der Waals surface area (Å²) in [5, 5.41) is 13.6. The Morgan fingerprint density at radius 1 is 0.385 bits per heavy atom. The summed E-state index contributed by atoms with van der Waals surface area (Å²) in [5.74, 6) is 0.726. The highest BCUT2D eigenvalue weighted by Crippen LogP contribution is 2.47. The van der Waals surface area contributed by atoms with Gasteiger partial charge in [-0.05, 0) is 69.4 Å². The number of para-hydroxylation sites is 1. The van der Waals surface area contributed by atoms with Crippen molar-refractivity contribution < 1.29 is 0 Å². The summed E-state index contributed by atoms with van der Waals surface area (Å²) >= 11 is 1.89. The van der Waals surface area contributed by atoms with Crippen LogP contribution in [-0.2, 0) is 0 Å². The molecule has 240 valence electrons. The zero-order chi connectivity index (χ0) is 33.9. The van der Waals surface area contributed by atoms with Crippen molar-refractivity contribution in [2.45, 2.75) is 0 Å². The Morgan fingerprint density at radius 2 is 0.981 bits per heavy atom. The molecule has 3 nitrogen and oxygen atoms in total. The second-order valence-corrected chi connectivity index (χ2v) is 14.8. The number of hydrogen-bond donors (Lipinski definition) is 0. The van der Waals surface area contributed by atoms with Crippen molar-refractivity contribution in [1.29, 1.82) is 0 Å². The van der Waals surface area contributed by atoms with Gasteiger partial charge in [-0.15, -0.1) is 11.3 Å². The van der Waals surface area contributed by atoms with Crippen molar-refractivity contribution in [1.82, 2.24) is 14.5 Å². The van der Waals surface area contributed by atoms with E-state index in [0.717, 1.165) is 50.0 Å². The normalized spacial score (nSPS) is 12.2. The van der Waals surface area contributed by atoms with Crippen molar-refractivity contribution >= 4 is 96.5 Å². The zero-order valence-electron chi connectivity index (χ0n) is 27.8. The molecule has 52 heavy (non-hydrogen) atoms. The molecule has 3 heterocycles. The summed E-state index contributed by atoms with van der Waals surface area (Å²) in [4.78, 5) is 10.6. The van der Waals surface area contributed by atoms with Gasteiger partial charge >= 0.3 is 0 Å². The summed E-state index contributed by atoms with van der Waals surface area (Å²) in [6, 6.07) is 59.3. The third-order valence-corrected chi connectivity index (χ3v) is 12.1. The van der Waals surface area contributed by atoms with E-state index in [1.54, 1.807) is 0 Å². The van der Waals surface area contributed by atoms with Crippen LogP contribution in [0.2, 0.25) is 0 Å². The first-order valence-corrected chi connectivity index (χ1v) is 18.5. The Balaban J connectivity index is 1.17. The molecule has 0 saturated heterocycles. The molecule has 9 aromatic carbocycles. The maximum Gasteiger partial charge on any atom is 0.161 e. The predicted molar refractivity (Wildman–Crippen MR) is 221 cm³/mol. The molecule has 0 aliphatic rings. The van der Waals surface area contributed by atoms with Gasteiger partial charge in [0.25, 0.3) is 0 Å². The van der Waals surface area contributed by atoms with Gasteiger partial charge in [0.1, 0.15) is 0 Å². The highest BCUT2D eigenvalue weighted by Gasteiger charge is 2.23. The largest absolute Gasteiger partial charge is 0.309 e. The first-order valence-electron chi connectivity index (χ1n) is 17.7. The number of nitrogens with zero attached hydrogens (tertiary/aromatic N) is 3. The molecule has 0 aliphatic heterocycles. The Hall–Kier alpha value is -6.62. The van der Waals surface area contributed by atoms with Crippen LogP contribution >= 0.6 is 11.3 Å². The topological polar surface area (TPSA) is 30.7 Å². The standard InChI is InChI=1S/C48H27N3S/c1-2-14-31-28(10-1)11-7-18-34(31)47-36-17-5-6-19-37(36)49-48(50-47)35-24-27-38(33-16-4-3-15-32(33)35)51-39-25-22-29-12-8-20-41-43(29)45(39)46-40(51)26-23-30-13-9-21-42(52-41)44(30)46/h1-27H. The monoisotopic (exact) mass is 677 g/mol. The van der Waals surface area contributed by atoms with E-state index in [1.807, 2.05) is 11.3 Å². The highest BCUT2D eigenvalue weighted by atomic mass is 32.1. The summed E-state index contributed by atoms with van der Waals surface area (Å²) in [6.45, 7) is 0. The van der Waals surface area contributed by atoms with Crippen LogP contribution in [0.25, 0.3) is 114 Å². The molecule has 0 aliphatic carbocycles. The van der Waals surface area contributed by atoms with Crippen LogP contribution in [0.4, 0.5) is 0 Å². The van der Waals surface area contributed by atoms with E-state index >= 15 is 0 Å². The number of fused-ring (bicyclic) bond motifs is 3. The Labute approximate surface area is 302 Å². The van der Waals surface area contributed by atoms with Gasteiger partial charge in [-0.2, -0.15) is 0 Å². The molecule has 0 amide bonds. The maximum atomic E-state index is 5.40. The summed E-state index contributed by atoms with van der Waals surface area (Å²) in [7, 11) is 0. The maximum absolute atomic E-state index is 5.40. The average molecular weight is 678 g/mol. The van der Waals surface area contributed by atoms with E-state index in [2.05, 4.69) is 168 Å². The second-order valence-electron chi connectivity index (χ2n) is 13.7. The van der Waals surface area contributed by atoms with Crippen LogP contribution in [0, 0.1) is 0 Å². The Kier molecular flexibility index (Phi) is 5.65. The molecule has 4 heteroatoms. The van der Waals surface area contributed by atoms with Gasteiger partial charge in [0, 0.05) is 52.8 Å². The van der Waals surface area contributed by atoms with Crippen molar-refractivity contribution in [2.24, 2.45) is 0 Å². The van der Waals surface area contributed by atoms with Gasteiger partial charge < -0.3 is 4.57 Å². The third-order valence-electron chi connectivity index (χ3n) is 11.0. The van der Waals surface area contributed by atoms with Crippen molar-refractivity contribution in [3.05, 3.63) is 164 Å². The number of aromatic nitrogens is 3. The van der Waals surface area contributed by atoms with E-state index in [0.29, 0.717) is 0 Å². The van der Waals surface area contributed by atoms with E-state index in [9.17, 15) is 0 Å². The highest BCUT2D eigenvalue weighted by molar-refractivity contribution is 7.24. The minimum atomic E-state index is 0.726. The van der Waals surface area contributed by atoms with E-state index in [-0.39, 0.29) is 0 Å². The fourth-order valence-corrected chi connectivity index (χ4v) is 9.91. The molecular formula is C48H27N3S. The Morgan fingerprint density at radius 3 is 1.73 bits per heavy atom. The lowest BCUT2D eigenvalue weighted by Crippen LogP contribution is -1.99. The molecule has 0 atom stereocenters. The van der Waals surface area contributed by atoms with E-state index in [1.165, 1.54) is 63.5 Å². The predicted octanol–water partition coefficient (Wildman–Crippen LogP) is 13.3. The molecule has 0 radical (unpaired) electrons. The van der Waals surface area contributed by atoms with Crippen LogP contribution in [0.5, 0.6) is 0 Å². The molecule has 0 bridgehead atoms. The fraction of sp³-hybridized carbons (Fsp3) is 0. The lowest BCUT2D eigenvalue weighted by Gasteiger charge is -2.16. The van der Waals surface area contributed by atoms with Crippen molar-refractivity contribution in [3.8, 4) is 28.3 Å². The number of hydrogen-bond acceptors (Lipinski definition) is 3. The van der Waals surface area contributed by atoms with Crippen molar-refractivity contribution in [3.63, 3.8) is 0 Å². The molecule has 0 saturated carbocycles. The molecular weight excluding hydrogens is 651 g/mol. The summed E-state index contributed by atoms with van der Waals surface area (Å²) < 4.78 is 5.10. The lowest BCUT2D eigenvalue weighted by atomic mass is 9.98. The minimum Gasteiger partial charge on any atom is -0.309 e. The molecule has 0 N–H and O–H groups in total.